The molecule has 0 fully saturated rings. The first kappa shape index (κ1) is 25.7. The van der Waals surface area contributed by atoms with Crippen molar-refractivity contribution in [1.82, 2.24) is 0 Å². The molecule has 176 valence electrons. The Morgan fingerprint density at radius 2 is 1.12 bits per heavy atom. The Kier molecular flexibility index (Phi) is 9.28. The monoisotopic (exact) mass is 452 g/mol. The maximum absolute atomic E-state index is 11.5. The van der Waals surface area contributed by atoms with Crippen LogP contribution in [-0.4, -0.2) is 38.4 Å². The molecule has 2 rings (SSSR count). The molecule has 0 N–H and O–H groups in total. The average molecular weight is 453 g/mol. The lowest BCUT2D eigenvalue weighted by atomic mass is 9.78. The van der Waals surface area contributed by atoms with Crippen molar-refractivity contribution in [2.24, 2.45) is 0 Å². The highest BCUT2D eigenvalue weighted by molar-refractivity contribution is 5.87. The van der Waals surface area contributed by atoms with Crippen molar-refractivity contribution in [3.8, 4) is 11.5 Å². The molecular formula is C27H32O6. The fourth-order valence-corrected chi connectivity index (χ4v) is 2.95. The summed E-state index contributed by atoms with van der Waals surface area (Å²) in [5.41, 5.74) is 2.52. The summed E-state index contributed by atoms with van der Waals surface area (Å²) in [4.78, 5) is 22.9. The fraction of sp³-hybridized carbons (Fsp3) is 0.333. The quantitative estimate of drug-likeness (QED) is 0.256. The summed E-state index contributed by atoms with van der Waals surface area (Å²) in [5.74, 6) is 0.534. The third-order valence-corrected chi connectivity index (χ3v) is 4.98. The Bertz CT molecular complexity index is 926. The number of esters is 2. The van der Waals surface area contributed by atoms with Crippen LogP contribution in [0.3, 0.4) is 0 Å². The van der Waals surface area contributed by atoms with E-state index in [2.05, 4.69) is 27.0 Å². The summed E-state index contributed by atoms with van der Waals surface area (Å²) in [6.45, 7) is 15.4. The molecule has 2 aromatic rings. The molecule has 0 aromatic heterocycles. The molecule has 0 saturated heterocycles. The first-order chi connectivity index (χ1) is 15.6. The van der Waals surface area contributed by atoms with E-state index in [9.17, 15) is 9.59 Å². The van der Waals surface area contributed by atoms with Gasteiger partial charge in [0, 0.05) is 16.6 Å². The van der Waals surface area contributed by atoms with Crippen LogP contribution in [0.25, 0.3) is 0 Å². The number of rotatable bonds is 12. The van der Waals surface area contributed by atoms with Crippen molar-refractivity contribution in [2.45, 2.75) is 33.1 Å². The largest absolute Gasteiger partial charge is 0.490 e. The molecule has 2 aromatic carbocycles. The molecule has 0 aliphatic heterocycles. The van der Waals surface area contributed by atoms with E-state index in [0.717, 1.165) is 11.1 Å². The summed E-state index contributed by atoms with van der Waals surface area (Å²) in [6.07, 6.45) is 0. The van der Waals surface area contributed by atoms with Gasteiger partial charge in [-0.05, 0) is 49.2 Å². The molecule has 0 bridgehead atoms. The van der Waals surface area contributed by atoms with E-state index in [1.807, 2.05) is 48.5 Å². The number of benzene rings is 2. The van der Waals surface area contributed by atoms with Gasteiger partial charge >= 0.3 is 11.9 Å². The van der Waals surface area contributed by atoms with Gasteiger partial charge in [-0.1, -0.05) is 51.3 Å². The van der Waals surface area contributed by atoms with Gasteiger partial charge in [0.15, 0.2) is 0 Å². The van der Waals surface area contributed by atoms with Crippen molar-refractivity contribution in [2.75, 3.05) is 26.4 Å². The molecule has 0 aliphatic rings. The lowest BCUT2D eigenvalue weighted by Gasteiger charge is -2.27. The first-order valence-electron chi connectivity index (χ1n) is 10.7. The van der Waals surface area contributed by atoms with Crippen LogP contribution in [0.4, 0.5) is 0 Å². The Morgan fingerprint density at radius 1 is 0.727 bits per heavy atom. The van der Waals surface area contributed by atoms with Gasteiger partial charge in [0.2, 0.25) is 0 Å². The predicted molar refractivity (Wildman–Crippen MR) is 128 cm³/mol. The Balaban J connectivity index is 1.99. The smallest absolute Gasteiger partial charge is 0.333 e. The van der Waals surface area contributed by atoms with E-state index in [0.29, 0.717) is 22.6 Å². The highest BCUT2D eigenvalue weighted by Crippen LogP contribution is 2.34. The van der Waals surface area contributed by atoms with Gasteiger partial charge in [0.25, 0.3) is 0 Å². The van der Waals surface area contributed by atoms with Crippen LogP contribution in [0.1, 0.15) is 38.8 Å². The van der Waals surface area contributed by atoms with Gasteiger partial charge < -0.3 is 18.9 Å². The van der Waals surface area contributed by atoms with Gasteiger partial charge in [-0.15, -0.1) is 0 Å². The third kappa shape index (κ3) is 7.83. The minimum Gasteiger partial charge on any atom is -0.490 e. The van der Waals surface area contributed by atoms with E-state index in [-0.39, 0.29) is 31.8 Å². The van der Waals surface area contributed by atoms with Crippen LogP contribution in [-0.2, 0) is 24.5 Å². The number of hydrogen-bond acceptors (Lipinski definition) is 6. The molecule has 0 radical (unpaired) electrons. The van der Waals surface area contributed by atoms with E-state index in [4.69, 9.17) is 18.9 Å². The van der Waals surface area contributed by atoms with Crippen LogP contribution in [0.5, 0.6) is 11.5 Å². The van der Waals surface area contributed by atoms with Crippen molar-refractivity contribution in [3.63, 3.8) is 0 Å². The SMILES string of the molecule is C=C(C)C(=O)OCCOc1cccc(C(C)(C)c2cccc(OCCOC(=O)C(=C)C)c2)c1. The second-order valence-electron chi connectivity index (χ2n) is 8.21. The summed E-state index contributed by atoms with van der Waals surface area (Å²) in [6, 6.07) is 15.6. The molecule has 6 heteroatoms. The predicted octanol–water partition coefficient (Wildman–Crippen LogP) is 5.01. The van der Waals surface area contributed by atoms with Gasteiger partial charge in [-0.3, -0.25) is 0 Å². The molecule has 0 unspecified atom stereocenters. The standard InChI is InChI=1S/C27H32O6/c1-19(2)25(28)32-15-13-30-23-11-7-9-21(17-23)27(5,6)22-10-8-12-24(18-22)31-14-16-33-26(29)20(3)4/h7-12,17-18H,1,3,13-16H2,2,4-6H3. The number of ether oxygens (including phenoxy) is 4. The molecule has 6 nitrogen and oxygen atoms in total. The van der Waals surface area contributed by atoms with Crippen LogP contribution in [0.2, 0.25) is 0 Å². The van der Waals surface area contributed by atoms with Crippen molar-refractivity contribution in [1.29, 1.82) is 0 Å². The van der Waals surface area contributed by atoms with Gasteiger partial charge in [-0.2, -0.15) is 0 Å². The Morgan fingerprint density at radius 3 is 1.48 bits per heavy atom. The molecule has 33 heavy (non-hydrogen) atoms. The Hall–Kier alpha value is -3.54. The van der Waals surface area contributed by atoms with E-state index >= 15 is 0 Å². The zero-order valence-corrected chi connectivity index (χ0v) is 19.8. The zero-order valence-electron chi connectivity index (χ0n) is 19.8. The number of carbonyl (C=O) groups is 2. The lowest BCUT2D eigenvalue weighted by Crippen LogP contribution is -2.19. The van der Waals surface area contributed by atoms with Crippen molar-refractivity contribution < 1.29 is 28.5 Å². The molecule has 0 spiro atoms. The zero-order chi connectivity index (χ0) is 24.4. The first-order valence-corrected chi connectivity index (χ1v) is 10.7. The molecular weight excluding hydrogens is 420 g/mol. The summed E-state index contributed by atoms with van der Waals surface area (Å²) in [7, 11) is 0. The molecule has 0 saturated carbocycles. The Labute approximate surface area is 195 Å². The number of hydrogen-bond donors (Lipinski definition) is 0. The van der Waals surface area contributed by atoms with Gasteiger partial charge in [-0.25, -0.2) is 9.59 Å². The van der Waals surface area contributed by atoms with Gasteiger partial charge in [0.1, 0.15) is 37.9 Å². The topological polar surface area (TPSA) is 71.1 Å². The minimum atomic E-state index is -0.426. The minimum absolute atomic E-state index is 0.153. The highest BCUT2D eigenvalue weighted by Gasteiger charge is 2.24. The molecule has 0 heterocycles. The van der Waals surface area contributed by atoms with Crippen molar-refractivity contribution >= 4 is 11.9 Å². The maximum Gasteiger partial charge on any atom is 0.333 e. The number of carbonyl (C=O) groups excluding carboxylic acids is 2. The fourth-order valence-electron chi connectivity index (χ4n) is 2.95. The summed E-state index contributed by atoms with van der Waals surface area (Å²) >= 11 is 0. The van der Waals surface area contributed by atoms with Crippen LogP contribution in [0, 0.1) is 0 Å². The molecule has 0 amide bonds. The second-order valence-corrected chi connectivity index (χ2v) is 8.21. The normalized spacial score (nSPS) is 10.8. The average Bonchev–Trinajstić information content (AvgIpc) is 2.79. The highest BCUT2D eigenvalue weighted by atomic mass is 16.6. The summed E-state index contributed by atoms with van der Waals surface area (Å²) in [5, 5.41) is 0. The van der Waals surface area contributed by atoms with E-state index in [1.54, 1.807) is 13.8 Å². The molecule has 0 aliphatic carbocycles. The van der Waals surface area contributed by atoms with Gasteiger partial charge in [0.05, 0.1) is 0 Å². The molecule has 0 atom stereocenters. The third-order valence-electron chi connectivity index (χ3n) is 4.98. The van der Waals surface area contributed by atoms with Crippen LogP contribution < -0.4 is 9.47 Å². The summed E-state index contributed by atoms with van der Waals surface area (Å²) < 4.78 is 21.6. The van der Waals surface area contributed by atoms with Crippen LogP contribution >= 0.6 is 0 Å². The maximum atomic E-state index is 11.5. The lowest BCUT2D eigenvalue weighted by molar-refractivity contribution is -0.140. The second kappa shape index (κ2) is 11.9. The van der Waals surface area contributed by atoms with Crippen molar-refractivity contribution in [3.05, 3.63) is 84.0 Å². The van der Waals surface area contributed by atoms with E-state index in [1.165, 1.54) is 0 Å². The van der Waals surface area contributed by atoms with Crippen LogP contribution in [0.15, 0.2) is 72.8 Å². The van der Waals surface area contributed by atoms with E-state index < -0.39 is 11.9 Å².